The van der Waals surface area contributed by atoms with Gasteiger partial charge in [0.15, 0.2) is 0 Å². The quantitative estimate of drug-likeness (QED) is 0.742. The Bertz CT molecular complexity index is 759. The first-order valence-electron chi connectivity index (χ1n) is 7.80. The van der Waals surface area contributed by atoms with Gasteiger partial charge in [-0.3, -0.25) is 9.59 Å². The highest BCUT2D eigenvalue weighted by molar-refractivity contribution is 5.96. The average molecular weight is 362 g/mol. The highest BCUT2D eigenvalue weighted by Gasteiger charge is 2.36. The lowest BCUT2D eigenvalue weighted by Crippen LogP contribution is -2.39. The van der Waals surface area contributed by atoms with Gasteiger partial charge in [0.05, 0.1) is 0 Å². The monoisotopic (exact) mass is 362 g/mol. The van der Waals surface area contributed by atoms with Crippen molar-refractivity contribution in [1.82, 2.24) is 5.32 Å². The van der Waals surface area contributed by atoms with Crippen LogP contribution in [0.1, 0.15) is 5.56 Å². The van der Waals surface area contributed by atoms with Crippen LogP contribution in [0.5, 0.6) is 0 Å². The Morgan fingerprint density at radius 2 is 1.54 bits per heavy atom. The van der Waals surface area contributed by atoms with Crippen molar-refractivity contribution >= 4 is 17.4 Å². The Labute approximate surface area is 148 Å². The summed E-state index contributed by atoms with van der Waals surface area (Å²) in [6.45, 7) is 0. The van der Waals surface area contributed by atoms with E-state index in [0.717, 1.165) is 11.8 Å². The number of allylic oxidation sites excluding steroid dienone is 1. The SMILES string of the molecule is O=C(Nc1ccccc1)C(Cc1ccccc1)N/C=C/C(=O)C(F)(F)F. The van der Waals surface area contributed by atoms with Crippen LogP contribution in [-0.4, -0.2) is 23.9 Å². The molecule has 2 rings (SSSR count). The van der Waals surface area contributed by atoms with E-state index >= 15 is 0 Å². The molecule has 0 spiro atoms. The van der Waals surface area contributed by atoms with Crippen molar-refractivity contribution in [2.45, 2.75) is 18.6 Å². The van der Waals surface area contributed by atoms with Gasteiger partial charge in [-0.2, -0.15) is 13.2 Å². The lowest BCUT2D eigenvalue weighted by molar-refractivity contribution is -0.165. The molecule has 136 valence electrons. The van der Waals surface area contributed by atoms with E-state index in [-0.39, 0.29) is 6.42 Å². The van der Waals surface area contributed by atoms with E-state index in [0.29, 0.717) is 11.8 Å². The number of para-hydroxylation sites is 1. The number of carbonyl (C=O) groups is 2. The predicted octanol–water partition coefficient (Wildman–Crippen LogP) is 3.47. The number of nitrogens with one attached hydrogen (secondary N) is 2. The van der Waals surface area contributed by atoms with Crippen molar-refractivity contribution in [3.05, 3.63) is 78.5 Å². The summed E-state index contributed by atoms with van der Waals surface area (Å²) in [7, 11) is 0. The van der Waals surface area contributed by atoms with Crippen LogP contribution < -0.4 is 10.6 Å². The second-order valence-corrected chi connectivity index (χ2v) is 5.46. The zero-order chi connectivity index (χ0) is 19.0. The van der Waals surface area contributed by atoms with Gasteiger partial charge in [-0.1, -0.05) is 48.5 Å². The largest absolute Gasteiger partial charge is 0.454 e. The van der Waals surface area contributed by atoms with E-state index in [9.17, 15) is 22.8 Å². The number of rotatable bonds is 7. The fraction of sp³-hybridized carbons (Fsp3) is 0.158. The lowest BCUT2D eigenvalue weighted by Gasteiger charge is -2.17. The molecule has 1 amide bonds. The molecule has 0 radical (unpaired) electrons. The minimum Gasteiger partial charge on any atom is -0.379 e. The van der Waals surface area contributed by atoms with Crippen molar-refractivity contribution in [2.24, 2.45) is 0 Å². The van der Waals surface area contributed by atoms with E-state index in [1.165, 1.54) is 0 Å². The number of carbonyl (C=O) groups excluding carboxylic acids is 2. The molecule has 0 heterocycles. The Kier molecular flexibility index (Phi) is 6.54. The van der Waals surface area contributed by atoms with E-state index in [1.54, 1.807) is 54.6 Å². The van der Waals surface area contributed by atoms with E-state index in [1.807, 2.05) is 6.07 Å². The molecule has 0 aliphatic rings. The summed E-state index contributed by atoms with van der Waals surface area (Å²) in [6.07, 6.45) is -3.48. The highest BCUT2D eigenvalue weighted by atomic mass is 19.4. The van der Waals surface area contributed by atoms with Gasteiger partial charge in [-0.15, -0.1) is 0 Å². The summed E-state index contributed by atoms with van der Waals surface area (Å²) < 4.78 is 36.8. The minimum atomic E-state index is -4.95. The maximum absolute atomic E-state index is 12.5. The topological polar surface area (TPSA) is 58.2 Å². The molecule has 0 aliphatic carbocycles. The number of benzene rings is 2. The van der Waals surface area contributed by atoms with Crippen molar-refractivity contribution in [3.8, 4) is 0 Å². The molecule has 0 aromatic heterocycles. The first-order chi connectivity index (χ1) is 12.4. The summed E-state index contributed by atoms with van der Waals surface area (Å²) in [4.78, 5) is 23.4. The summed E-state index contributed by atoms with van der Waals surface area (Å²) in [5.41, 5.74) is 1.39. The third kappa shape index (κ3) is 6.08. The lowest BCUT2D eigenvalue weighted by atomic mass is 10.1. The molecule has 0 bridgehead atoms. The molecule has 4 nitrogen and oxygen atoms in total. The summed E-state index contributed by atoms with van der Waals surface area (Å²) in [5.74, 6) is -2.42. The van der Waals surface area contributed by atoms with Gasteiger partial charge in [0, 0.05) is 24.4 Å². The Morgan fingerprint density at radius 1 is 0.962 bits per heavy atom. The average Bonchev–Trinajstić information content (AvgIpc) is 2.61. The van der Waals surface area contributed by atoms with E-state index < -0.39 is 23.9 Å². The Balaban J connectivity index is 2.09. The third-order valence-corrected chi connectivity index (χ3v) is 3.45. The molecule has 7 heteroatoms. The number of anilines is 1. The van der Waals surface area contributed by atoms with Gasteiger partial charge in [-0.05, 0) is 17.7 Å². The summed E-state index contributed by atoms with van der Waals surface area (Å²) in [6, 6.07) is 16.8. The Morgan fingerprint density at radius 3 is 2.12 bits per heavy atom. The van der Waals surface area contributed by atoms with Crippen LogP contribution >= 0.6 is 0 Å². The van der Waals surface area contributed by atoms with Crippen LogP contribution in [0.25, 0.3) is 0 Å². The molecule has 0 fully saturated rings. The van der Waals surface area contributed by atoms with Gasteiger partial charge in [-0.25, -0.2) is 0 Å². The molecule has 0 aliphatic heterocycles. The Hall–Kier alpha value is -3.09. The minimum absolute atomic E-state index is 0.240. The predicted molar refractivity (Wildman–Crippen MR) is 92.3 cm³/mol. The smallest absolute Gasteiger partial charge is 0.379 e. The summed E-state index contributed by atoms with van der Waals surface area (Å²) >= 11 is 0. The van der Waals surface area contributed by atoms with Gasteiger partial charge >= 0.3 is 6.18 Å². The van der Waals surface area contributed by atoms with Crippen molar-refractivity contribution in [3.63, 3.8) is 0 Å². The van der Waals surface area contributed by atoms with Crippen molar-refractivity contribution in [1.29, 1.82) is 0 Å². The number of hydrogen-bond acceptors (Lipinski definition) is 3. The van der Waals surface area contributed by atoms with Crippen molar-refractivity contribution in [2.75, 3.05) is 5.32 Å². The molecule has 2 N–H and O–H groups in total. The number of amides is 1. The van der Waals surface area contributed by atoms with Gasteiger partial charge < -0.3 is 10.6 Å². The molecular formula is C19H17F3N2O2. The molecular weight excluding hydrogens is 345 g/mol. The van der Waals surface area contributed by atoms with Crippen LogP contribution in [0.15, 0.2) is 72.9 Å². The number of alkyl halides is 3. The molecule has 0 saturated carbocycles. The maximum atomic E-state index is 12.5. The van der Waals surface area contributed by atoms with Crippen LogP contribution in [-0.2, 0) is 16.0 Å². The number of halogens is 3. The van der Waals surface area contributed by atoms with Crippen LogP contribution in [0.4, 0.5) is 18.9 Å². The number of ketones is 1. The van der Waals surface area contributed by atoms with Crippen LogP contribution in [0.3, 0.4) is 0 Å². The van der Waals surface area contributed by atoms with Gasteiger partial charge in [0.2, 0.25) is 5.91 Å². The highest BCUT2D eigenvalue weighted by Crippen LogP contribution is 2.16. The fourth-order valence-corrected chi connectivity index (χ4v) is 2.16. The zero-order valence-corrected chi connectivity index (χ0v) is 13.7. The van der Waals surface area contributed by atoms with Gasteiger partial charge in [0.25, 0.3) is 5.78 Å². The summed E-state index contributed by atoms with van der Waals surface area (Å²) in [5, 5.41) is 5.27. The first kappa shape index (κ1) is 19.2. The molecule has 2 aromatic carbocycles. The molecule has 0 saturated heterocycles. The third-order valence-electron chi connectivity index (χ3n) is 3.45. The van der Waals surface area contributed by atoms with Crippen LogP contribution in [0, 0.1) is 0 Å². The fourth-order valence-electron chi connectivity index (χ4n) is 2.16. The first-order valence-corrected chi connectivity index (χ1v) is 7.80. The zero-order valence-electron chi connectivity index (χ0n) is 13.7. The van der Waals surface area contributed by atoms with Crippen molar-refractivity contribution < 1.29 is 22.8 Å². The standard InChI is InChI=1S/C19H17F3N2O2/c20-19(21,22)17(25)11-12-23-16(13-14-7-3-1-4-8-14)18(26)24-15-9-5-2-6-10-15/h1-12,16,23H,13H2,(H,24,26)/b12-11+. The van der Waals surface area contributed by atoms with Gasteiger partial charge in [0.1, 0.15) is 6.04 Å². The number of hydrogen-bond donors (Lipinski definition) is 2. The molecule has 1 unspecified atom stereocenters. The molecule has 1 atom stereocenters. The maximum Gasteiger partial charge on any atom is 0.454 e. The van der Waals surface area contributed by atoms with E-state index in [2.05, 4.69) is 10.6 Å². The van der Waals surface area contributed by atoms with Crippen LogP contribution in [0.2, 0.25) is 0 Å². The van der Waals surface area contributed by atoms with E-state index in [4.69, 9.17) is 0 Å². The second-order valence-electron chi connectivity index (χ2n) is 5.46. The normalized spacial score (nSPS) is 12.6. The second kappa shape index (κ2) is 8.84. The molecule has 2 aromatic rings. The molecule has 26 heavy (non-hydrogen) atoms.